The number of benzene rings is 2. The summed E-state index contributed by atoms with van der Waals surface area (Å²) in [5, 5.41) is 7.65. The maximum absolute atomic E-state index is 14.5. The minimum absolute atomic E-state index is 0.0964. The van der Waals surface area contributed by atoms with Crippen LogP contribution in [-0.2, 0) is 17.8 Å². The Kier molecular flexibility index (Phi) is 7.42. The molecule has 0 saturated carbocycles. The van der Waals surface area contributed by atoms with Crippen LogP contribution in [0.25, 0.3) is 11.3 Å². The molecule has 4 aromatic rings. The Bertz CT molecular complexity index is 1800. The molecule has 0 atom stereocenters. The Morgan fingerprint density at radius 3 is 2.71 bits per heavy atom. The molecule has 2 aliphatic heterocycles. The van der Waals surface area contributed by atoms with Crippen molar-refractivity contribution in [3.8, 4) is 29.4 Å². The molecule has 0 radical (unpaired) electrons. The van der Waals surface area contributed by atoms with Crippen LogP contribution in [0.4, 0.5) is 15.8 Å². The van der Waals surface area contributed by atoms with Crippen molar-refractivity contribution < 1.29 is 13.9 Å². The molecule has 0 unspecified atom stereocenters. The van der Waals surface area contributed by atoms with Gasteiger partial charge < -0.3 is 15.1 Å². The van der Waals surface area contributed by atoms with Gasteiger partial charge in [0, 0.05) is 36.1 Å². The number of carbonyl (C=O) groups excluding carboxylic acids is 1. The van der Waals surface area contributed by atoms with E-state index >= 15 is 0 Å². The van der Waals surface area contributed by atoms with E-state index in [1.54, 1.807) is 19.1 Å². The summed E-state index contributed by atoms with van der Waals surface area (Å²) in [6.07, 6.45) is 6.22. The first-order valence-corrected chi connectivity index (χ1v) is 13.4. The summed E-state index contributed by atoms with van der Waals surface area (Å²) < 4.78 is 27.3. The van der Waals surface area contributed by atoms with Crippen LogP contribution < -0.4 is 25.8 Å². The van der Waals surface area contributed by atoms with Crippen molar-refractivity contribution in [1.82, 2.24) is 23.8 Å². The molecule has 0 aliphatic carbocycles. The van der Waals surface area contributed by atoms with Gasteiger partial charge in [0.05, 0.1) is 12.2 Å². The van der Waals surface area contributed by atoms with Crippen molar-refractivity contribution in [1.29, 1.82) is 0 Å². The second kappa shape index (κ2) is 11.0. The van der Waals surface area contributed by atoms with E-state index in [4.69, 9.17) is 17.0 Å². The van der Waals surface area contributed by atoms with Gasteiger partial charge >= 0.3 is 0 Å². The summed E-state index contributed by atoms with van der Waals surface area (Å²) in [6, 6.07) is 11.9. The molecule has 1 amide bonds. The zero-order valence-electron chi connectivity index (χ0n) is 22.7. The average molecular weight is 575 g/mol. The predicted octanol–water partition coefficient (Wildman–Crippen LogP) is 2.58. The lowest BCUT2D eigenvalue weighted by Crippen LogP contribution is -2.39. The molecular formula is C28H27FN8O3S. The van der Waals surface area contributed by atoms with E-state index in [1.807, 2.05) is 22.8 Å². The van der Waals surface area contributed by atoms with Gasteiger partial charge in [0.25, 0.3) is 11.5 Å². The van der Waals surface area contributed by atoms with E-state index in [0.717, 1.165) is 23.5 Å². The lowest BCUT2D eigenvalue weighted by molar-refractivity contribution is -0.121. The number of amides is 1. The summed E-state index contributed by atoms with van der Waals surface area (Å²) in [5.41, 5.74) is 1.32. The Morgan fingerprint density at radius 2 is 1.98 bits per heavy atom. The molecule has 0 spiro atoms. The van der Waals surface area contributed by atoms with Gasteiger partial charge in [0.2, 0.25) is 4.80 Å². The minimum Gasteiger partial charge on any atom is -0.481 e. The molecule has 2 aromatic heterocycles. The number of carbonyl (C=O) groups is 1. The van der Waals surface area contributed by atoms with Gasteiger partial charge in [-0.05, 0) is 18.4 Å². The highest BCUT2D eigenvalue weighted by Gasteiger charge is 2.31. The number of fused-ring (bicyclic) bond motifs is 2. The molecule has 0 bridgehead atoms. The van der Waals surface area contributed by atoms with Crippen LogP contribution in [0.15, 0.2) is 52.3 Å². The Labute approximate surface area is 238 Å². The van der Waals surface area contributed by atoms with Gasteiger partial charge in [-0.15, -0.1) is 16.6 Å². The Morgan fingerprint density at radius 1 is 1.22 bits per heavy atom. The summed E-state index contributed by atoms with van der Waals surface area (Å²) in [5.74, 6) is 8.83. The van der Waals surface area contributed by atoms with Gasteiger partial charge in [-0.2, -0.15) is 4.37 Å². The molecular weight excluding hydrogens is 547 g/mol. The summed E-state index contributed by atoms with van der Waals surface area (Å²) in [4.78, 5) is 30.3. The first-order chi connectivity index (χ1) is 19.6. The minimum atomic E-state index is -0.515. The normalized spacial score (nSPS) is 15.3. The number of ether oxygens (including phenoxy) is 1. The van der Waals surface area contributed by atoms with Crippen LogP contribution in [0, 0.1) is 30.5 Å². The highest BCUT2D eigenvalue weighted by atomic mass is 32.1. The highest BCUT2D eigenvalue weighted by Crippen LogP contribution is 2.37. The average Bonchev–Trinajstić information content (AvgIpc) is 3.45. The van der Waals surface area contributed by atoms with Gasteiger partial charge in [-0.3, -0.25) is 14.5 Å². The second-order valence-corrected chi connectivity index (χ2v) is 11.0. The number of anilines is 1. The largest absolute Gasteiger partial charge is 0.481 e. The van der Waals surface area contributed by atoms with E-state index in [2.05, 4.69) is 39.3 Å². The van der Waals surface area contributed by atoms with E-state index in [9.17, 15) is 14.0 Å². The van der Waals surface area contributed by atoms with Crippen LogP contribution in [0.3, 0.4) is 0 Å². The van der Waals surface area contributed by atoms with Gasteiger partial charge in [0.1, 0.15) is 17.3 Å². The molecule has 210 valence electrons. The number of terminal acetylenes is 1. The third kappa shape index (κ3) is 5.59. The number of aryl methyl sites for hydroxylation is 1. The molecule has 11 nitrogen and oxygen atoms in total. The topological polar surface area (TPSA) is 134 Å². The van der Waals surface area contributed by atoms with Gasteiger partial charge in [0.15, 0.2) is 23.9 Å². The van der Waals surface area contributed by atoms with E-state index < -0.39 is 5.82 Å². The summed E-state index contributed by atoms with van der Waals surface area (Å²) in [6.45, 7) is 6.68. The predicted molar refractivity (Wildman–Crippen MR) is 153 cm³/mol. The fraction of sp³-hybridized carbons (Fsp3) is 0.286. The van der Waals surface area contributed by atoms with E-state index in [0.29, 0.717) is 27.6 Å². The van der Waals surface area contributed by atoms with Gasteiger partial charge in [-0.1, -0.05) is 50.1 Å². The molecule has 0 fully saturated rings. The SMILES string of the molecule is C#CCN1C(=O)COc2cc(F)c(/N=c3\snc4n3CC(C)(C)C4)cc21.Cc1nnc(-c2ccccc2)c(=O)n1N. The smallest absolute Gasteiger partial charge is 0.298 e. The second-order valence-electron chi connectivity index (χ2n) is 10.3. The first kappa shape index (κ1) is 27.7. The van der Waals surface area contributed by atoms with E-state index in [1.165, 1.54) is 28.6 Å². The van der Waals surface area contributed by atoms with Crippen LogP contribution in [-0.4, -0.2) is 42.9 Å². The molecule has 2 N–H and O–H groups in total. The molecule has 2 aliphatic rings. The molecule has 4 heterocycles. The fourth-order valence-corrected chi connectivity index (χ4v) is 5.26. The monoisotopic (exact) mass is 574 g/mol. The number of hydrogen-bond acceptors (Lipinski definition) is 9. The maximum atomic E-state index is 14.5. The Hall–Kier alpha value is -4.83. The van der Waals surface area contributed by atoms with Crippen LogP contribution in [0.2, 0.25) is 0 Å². The number of halogens is 1. The fourth-order valence-electron chi connectivity index (χ4n) is 4.50. The zero-order valence-corrected chi connectivity index (χ0v) is 23.5. The molecule has 41 heavy (non-hydrogen) atoms. The highest BCUT2D eigenvalue weighted by molar-refractivity contribution is 7.02. The first-order valence-electron chi connectivity index (χ1n) is 12.6. The summed E-state index contributed by atoms with van der Waals surface area (Å²) >= 11 is 1.24. The van der Waals surface area contributed by atoms with Crippen molar-refractivity contribution in [2.75, 3.05) is 23.9 Å². The lowest BCUT2D eigenvalue weighted by atomic mass is 9.92. The standard InChI is InChI=1S/C18H17FN4O2S.C10H10N4O/c1-4-5-22-13-7-12(11(19)6-14(13)25-9-16(22)24)20-17-23-10-18(2,3)8-15(23)21-26-17;1-7-12-13-9(10(15)14(7)11)8-5-3-2-4-6-8/h1,6-7H,5,8-10H2,2-3H3;2-6H,11H2,1H3/b20-17-;. The number of nitrogens with two attached hydrogens (primary N) is 1. The van der Waals surface area contributed by atoms with Gasteiger partial charge in [-0.25, -0.2) is 14.1 Å². The lowest BCUT2D eigenvalue weighted by Gasteiger charge is -2.28. The van der Waals surface area contributed by atoms with Crippen LogP contribution in [0.1, 0.15) is 25.5 Å². The van der Waals surface area contributed by atoms with Crippen molar-refractivity contribution in [3.63, 3.8) is 0 Å². The van der Waals surface area contributed by atoms with E-state index in [-0.39, 0.29) is 41.4 Å². The van der Waals surface area contributed by atoms with Crippen molar-refractivity contribution in [2.45, 2.75) is 33.7 Å². The summed E-state index contributed by atoms with van der Waals surface area (Å²) in [7, 11) is 0. The number of aromatic nitrogens is 5. The molecule has 6 rings (SSSR count). The molecule has 0 saturated heterocycles. The number of hydrogen-bond donors (Lipinski definition) is 1. The van der Waals surface area contributed by atoms with Crippen molar-refractivity contribution >= 4 is 28.8 Å². The zero-order chi connectivity index (χ0) is 29.3. The maximum Gasteiger partial charge on any atom is 0.298 e. The third-order valence-corrected chi connectivity index (χ3v) is 7.32. The molecule has 2 aromatic carbocycles. The third-order valence-electron chi connectivity index (χ3n) is 6.55. The van der Waals surface area contributed by atoms with Crippen LogP contribution in [0.5, 0.6) is 5.75 Å². The van der Waals surface area contributed by atoms with Crippen LogP contribution >= 0.6 is 11.5 Å². The number of nitrogen functional groups attached to an aromatic ring is 1. The Balaban J connectivity index is 0.000000191. The quantitative estimate of drug-likeness (QED) is 0.294. The molecule has 13 heteroatoms. The number of nitrogens with zero attached hydrogens (tertiary/aromatic N) is 7. The van der Waals surface area contributed by atoms with Crippen molar-refractivity contribution in [3.05, 3.63) is 75.1 Å². The van der Waals surface area contributed by atoms with Crippen molar-refractivity contribution in [2.24, 2.45) is 10.4 Å². The number of rotatable bonds is 3.